The first kappa shape index (κ1) is 9.46. The van der Waals surface area contributed by atoms with Crippen LogP contribution in [0.1, 0.15) is 0 Å². The lowest BCUT2D eigenvalue weighted by molar-refractivity contribution is 0.201. The number of aromatic nitrogens is 1. The molecule has 0 saturated carbocycles. The molecule has 13 heavy (non-hydrogen) atoms. The average molecular weight is 202 g/mol. The van der Waals surface area contributed by atoms with Crippen LogP contribution in [0.15, 0.2) is 29.4 Å². The minimum absolute atomic E-state index is 0.183. The molecule has 1 amide bonds. The largest absolute Gasteiger partial charge is 0.464 e. The summed E-state index contributed by atoms with van der Waals surface area (Å²) in [4.78, 5) is 13.4. The van der Waals surface area contributed by atoms with E-state index < -0.39 is 16.1 Å². The van der Waals surface area contributed by atoms with E-state index in [2.05, 4.69) is 4.98 Å². The molecule has 0 atom stereocenters. The fourth-order valence-electron chi connectivity index (χ4n) is 0.680. The van der Waals surface area contributed by atoms with Crippen LogP contribution in [0.5, 0.6) is 0 Å². The van der Waals surface area contributed by atoms with E-state index in [0.29, 0.717) is 0 Å². The summed E-state index contributed by atoms with van der Waals surface area (Å²) in [7, 11) is -3.97. The summed E-state index contributed by atoms with van der Waals surface area (Å²) in [5, 5.41) is 8.20. The molecule has 0 saturated heterocycles. The van der Waals surface area contributed by atoms with Crippen LogP contribution in [-0.4, -0.2) is 24.6 Å². The van der Waals surface area contributed by atoms with E-state index in [9.17, 15) is 13.2 Å². The molecular formula is C6H6N2O4S. The number of rotatable bonds is 2. The van der Waals surface area contributed by atoms with Crippen LogP contribution >= 0.6 is 0 Å². The van der Waals surface area contributed by atoms with Gasteiger partial charge in [-0.25, -0.2) is 17.9 Å². The number of pyridine rings is 1. The maximum absolute atomic E-state index is 11.1. The van der Waals surface area contributed by atoms with Crippen molar-refractivity contribution in [3.63, 3.8) is 0 Å². The number of nitrogens with zero attached hydrogens (tertiary/aromatic N) is 1. The normalized spacial score (nSPS) is 10.8. The molecule has 1 heterocycles. The predicted molar refractivity (Wildman–Crippen MR) is 42.6 cm³/mol. The van der Waals surface area contributed by atoms with Crippen molar-refractivity contribution in [1.82, 2.24) is 9.71 Å². The highest BCUT2D eigenvalue weighted by Gasteiger charge is 2.15. The van der Waals surface area contributed by atoms with Gasteiger partial charge in [0, 0.05) is 12.4 Å². The molecule has 0 bridgehead atoms. The van der Waals surface area contributed by atoms with Crippen LogP contribution in [0.2, 0.25) is 0 Å². The number of amides is 1. The lowest BCUT2D eigenvalue weighted by atomic mass is 10.5. The van der Waals surface area contributed by atoms with Gasteiger partial charge in [0.15, 0.2) is 0 Å². The summed E-state index contributed by atoms with van der Waals surface area (Å²) < 4.78 is 23.6. The molecule has 0 aliphatic carbocycles. The van der Waals surface area contributed by atoms with Crippen molar-refractivity contribution in [3.8, 4) is 0 Å². The molecule has 0 aliphatic heterocycles. The minimum Gasteiger partial charge on any atom is -0.464 e. The van der Waals surface area contributed by atoms with Gasteiger partial charge in [-0.3, -0.25) is 4.98 Å². The lowest BCUT2D eigenvalue weighted by Crippen LogP contribution is -2.28. The summed E-state index contributed by atoms with van der Waals surface area (Å²) in [6.45, 7) is 0. The molecule has 0 radical (unpaired) electrons. The first-order valence-electron chi connectivity index (χ1n) is 3.18. The van der Waals surface area contributed by atoms with Gasteiger partial charge in [-0.2, -0.15) is 0 Å². The van der Waals surface area contributed by atoms with Crippen molar-refractivity contribution in [2.75, 3.05) is 0 Å². The maximum atomic E-state index is 11.1. The molecular weight excluding hydrogens is 196 g/mol. The monoisotopic (exact) mass is 202 g/mol. The number of nitrogens with one attached hydrogen (secondary N) is 1. The molecule has 0 unspecified atom stereocenters. The van der Waals surface area contributed by atoms with Crippen LogP contribution < -0.4 is 4.72 Å². The van der Waals surface area contributed by atoms with Gasteiger partial charge in [0.2, 0.25) is 0 Å². The van der Waals surface area contributed by atoms with Gasteiger partial charge in [-0.15, -0.1) is 0 Å². The molecule has 0 fully saturated rings. The number of carboxylic acid groups (broad SMARTS) is 1. The summed E-state index contributed by atoms with van der Waals surface area (Å²) >= 11 is 0. The zero-order chi connectivity index (χ0) is 9.90. The van der Waals surface area contributed by atoms with Crippen LogP contribution in [0.25, 0.3) is 0 Å². The van der Waals surface area contributed by atoms with E-state index in [-0.39, 0.29) is 4.90 Å². The molecule has 1 aromatic rings. The molecule has 2 N–H and O–H groups in total. The Morgan fingerprint density at radius 2 is 2.23 bits per heavy atom. The van der Waals surface area contributed by atoms with E-state index in [1.165, 1.54) is 23.1 Å². The fraction of sp³-hybridized carbons (Fsp3) is 0. The van der Waals surface area contributed by atoms with Crippen molar-refractivity contribution in [3.05, 3.63) is 24.5 Å². The third kappa shape index (κ3) is 2.41. The molecule has 1 aromatic heterocycles. The number of hydrogen-bond donors (Lipinski definition) is 2. The van der Waals surface area contributed by atoms with Gasteiger partial charge in [-0.05, 0) is 12.1 Å². The Bertz CT molecular complexity index is 400. The summed E-state index contributed by atoms with van der Waals surface area (Å²) in [6, 6.07) is 2.65. The van der Waals surface area contributed by atoms with E-state index in [1.807, 2.05) is 0 Å². The maximum Gasteiger partial charge on any atom is 0.418 e. The van der Waals surface area contributed by atoms with Gasteiger partial charge in [-0.1, -0.05) is 0 Å². The quantitative estimate of drug-likeness (QED) is 0.705. The van der Waals surface area contributed by atoms with Gasteiger partial charge < -0.3 is 5.11 Å². The fourth-order valence-corrected chi connectivity index (χ4v) is 1.49. The Morgan fingerprint density at radius 1 is 1.54 bits per heavy atom. The topological polar surface area (TPSA) is 96.4 Å². The van der Waals surface area contributed by atoms with E-state index in [0.717, 1.165) is 6.20 Å². The van der Waals surface area contributed by atoms with Crippen molar-refractivity contribution in [2.24, 2.45) is 0 Å². The van der Waals surface area contributed by atoms with Gasteiger partial charge >= 0.3 is 6.09 Å². The third-order valence-corrected chi connectivity index (χ3v) is 2.47. The third-order valence-electron chi connectivity index (χ3n) is 1.17. The lowest BCUT2D eigenvalue weighted by Gasteiger charge is -2.01. The van der Waals surface area contributed by atoms with Crippen LogP contribution in [0.4, 0.5) is 4.79 Å². The molecule has 7 heteroatoms. The summed E-state index contributed by atoms with van der Waals surface area (Å²) in [5.74, 6) is 0. The van der Waals surface area contributed by atoms with Crippen molar-refractivity contribution < 1.29 is 18.3 Å². The van der Waals surface area contributed by atoms with E-state index >= 15 is 0 Å². The standard InChI is InChI=1S/C6H6N2O4S/c9-6(10)8-13(11,12)5-2-1-3-7-4-5/h1-4,8H,(H,9,10). The first-order valence-corrected chi connectivity index (χ1v) is 4.66. The smallest absolute Gasteiger partial charge is 0.418 e. The Balaban J connectivity index is 3.02. The second-order valence-electron chi connectivity index (χ2n) is 2.10. The molecule has 1 rings (SSSR count). The van der Waals surface area contributed by atoms with Crippen LogP contribution in [-0.2, 0) is 10.0 Å². The minimum atomic E-state index is -3.97. The number of hydrogen-bond acceptors (Lipinski definition) is 4. The van der Waals surface area contributed by atoms with Crippen molar-refractivity contribution in [1.29, 1.82) is 0 Å². The average Bonchev–Trinajstić information content (AvgIpc) is 2.04. The Morgan fingerprint density at radius 3 is 2.69 bits per heavy atom. The van der Waals surface area contributed by atoms with Gasteiger partial charge in [0.1, 0.15) is 4.90 Å². The molecule has 0 aliphatic rings. The second kappa shape index (κ2) is 3.40. The SMILES string of the molecule is O=C(O)NS(=O)(=O)c1cccnc1. The highest BCUT2D eigenvalue weighted by Crippen LogP contribution is 2.04. The molecule has 70 valence electrons. The van der Waals surface area contributed by atoms with Gasteiger partial charge in [0.05, 0.1) is 0 Å². The second-order valence-corrected chi connectivity index (χ2v) is 3.78. The number of sulfonamides is 1. The highest BCUT2D eigenvalue weighted by atomic mass is 32.2. The Hall–Kier alpha value is -1.63. The van der Waals surface area contributed by atoms with Crippen LogP contribution in [0, 0.1) is 0 Å². The van der Waals surface area contributed by atoms with Crippen molar-refractivity contribution >= 4 is 16.1 Å². The zero-order valence-electron chi connectivity index (χ0n) is 6.34. The van der Waals surface area contributed by atoms with E-state index in [4.69, 9.17) is 5.11 Å². The zero-order valence-corrected chi connectivity index (χ0v) is 7.15. The number of carbonyl (C=O) groups is 1. The highest BCUT2D eigenvalue weighted by molar-refractivity contribution is 7.90. The Labute approximate surface area is 74.3 Å². The summed E-state index contributed by atoms with van der Waals surface area (Å²) in [5.41, 5.74) is 0. The predicted octanol–water partition coefficient (Wildman–Crippen LogP) is 0.0379. The van der Waals surface area contributed by atoms with Crippen molar-refractivity contribution in [2.45, 2.75) is 4.90 Å². The molecule has 6 nitrogen and oxygen atoms in total. The van der Waals surface area contributed by atoms with Crippen LogP contribution in [0.3, 0.4) is 0 Å². The van der Waals surface area contributed by atoms with E-state index in [1.54, 1.807) is 0 Å². The molecule has 0 spiro atoms. The Kier molecular flexibility index (Phi) is 2.47. The van der Waals surface area contributed by atoms with Gasteiger partial charge in [0.25, 0.3) is 10.0 Å². The molecule has 0 aromatic carbocycles. The summed E-state index contributed by atoms with van der Waals surface area (Å²) in [6.07, 6.45) is 0.828. The first-order chi connectivity index (χ1) is 6.02.